The van der Waals surface area contributed by atoms with Gasteiger partial charge in [0.2, 0.25) is 0 Å². The predicted molar refractivity (Wildman–Crippen MR) is 99.1 cm³/mol. The lowest BCUT2D eigenvalue weighted by molar-refractivity contribution is 0.0954. The van der Waals surface area contributed by atoms with Crippen molar-refractivity contribution in [3.05, 3.63) is 53.7 Å². The molecule has 1 saturated carbocycles. The number of hydrogen-bond donors (Lipinski definition) is 2. The quantitative estimate of drug-likeness (QED) is 0.811. The third-order valence-electron chi connectivity index (χ3n) is 4.59. The van der Waals surface area contributed by atoms with Gasteiger partial charge in [0, 0.05) is 24.3 Å². The van der Waals surface area contributed by atoms with Crippen molar-refractivity contribution in [2.45, 2.75) is 38.1 Å². The van der Waals surface area contributed by atoms with E-state index in [9.17, 15) is 4.79 Å². The van der Waals surface area contributed by atoms with Crippen LogP contribution in [-0.4, -0.2) is 30.6 Å². The molecule has 0 saturated heterocycles. The fourth-order valence-corrected chi connectivity index (χ4v) is 3.14. The fraction of sp³-hybridized carbons (Fsp3) is 0.400. The van der Waals surface area contributed by atoms with Crippen LogP contribution in [0.15, 0.2) is 42.6 Å². The number of rotatable bonds is 7. The minimum Gasteiger partial charge on any atom is -0.497 e. The second-order valence-electron chi connectivity index (χ2n) is 6.41. The number of carbonyl (C=O) groups is 1. The number of anilines is 1. The second-order valence-corrected chi connectivity index (χ2v) is 6.41. The van der Waals surface area contributed by atoms with Gasteiger partial charge in [-0.15, -0.1) is 0 Å². The first-order chi connectivity index (χ1) is 12.2. The number of amides is 1. The molecule has 0 spiro atoms. The number of nitrogens with one attached hydrogen (secondary N) is 2. The molecule has 0 atom stereocenters. The molecule has 2 N–H and O–H groups in total. The van der Waals surface area contributed by atoms with Gasteiger partial charge >= 0.3 is 0 Å². The minimum atomic E-state index is -0.0645. The standard InChI is InChI=1S/C20H25N3O2/c1-25-18-8-6-15(7-9-18)10-12-22-20(24)16-11-13-21-19(14-16)23-17-4-2-3-5-17/h6-9,11,13-14,17H,2-5,10,12H2,1H3,(H,21,23)(H,22,24). The number of aromatic nitrogens is 1. The molecule has 1 aromatic carbocycles. The van der Waals surface area contributed by atoms with Gasteiger partial charge in [-0.25, -0.2) is 4.98 Å². The Morgan fingerprint density at radius 3 is 2.68 bits per heavy atom. The largest absolute Gasteiger partial charge is 0.497 e. The molecule has 0 unspecified atom stereocenters. The number of nitrogens with zero attached hydrogens (tertiary/aromatic N) is 1. The highest BCUT2D eigenvalue weighted by atomic mass is 16.5. The molecular weight excluding hydrogens is 314 g/mol. The maximum absolute atomic E-state index is 12.3. The molecule has 0 bridgehead atoms. The molecular formula is C20H25N3O2. The van der Waals surface area contributed by atoms with Crippen LogP contribution in [0.5, 0.6) is 5.75 Å². The number of pyridine rings is 1. The summed E-state index contributed by atoms with van der Waals surface area (Å²) < 4.78 is 5.15. The zero-order valence-corrected chi connectivity index (χ0v) is 14.6. The van der Waals surface area contributed by atoms with E-state index >= 15 is 0 Å². The fourth-order valence-electron chi connectivity index (χ4n) is 3.14. The Morgan fingerprint density at radius 1 is 1.20 bits per heavy atom. The van der Waals surface area contributed by atoms with E-state index in [2.05, 4.69) is 15.6 Å². The molecule has 1 aliphatic rings. The van der Waals surface area contributed by atoms with Gasteiger partial charge in [-0.1, -0.05) is 25.0 Å². The number of benzene rings is 1. The lowest BCUT2D eigenvalue weighted by Crippen LogP contribution is -2.26. The summed E-state index contributed by atoms with van der Waals surface area (Å²) in [4.78, 5) is 16.7. The third-order valence-corrected chi connectivity index (χ3v) is 4.59. The minimum absolute atomic E-state index is 0.0645. The van der Waals surface area contributed by atoms with E-state index in [-0.39, 0.29) is 5.91 Å². The Balaban J connectivity index is 1.50. The highest BCUT2D eigenvalue weighted by Gasteiger charge is 2.15. The van der Waals surface area contributed by atoms with E-state index in [0.717, 1.165) is 18.0 Å². The van der Waals surface area contributed by atoms with Gasteiger partial charge in [-0.3, -0.25) is 4.79 Å². The first-order valence-electron chi connectivity index (χ1n) is 8.88. The molecule has 132 valence electrons. The van der Waals surface area contributed by atoms with Crippen LogP contribution in [0.1, 0.15) is 41.6 Å². The molecule has 25 heavy (non-hydrogen) atoms. The van der Waals surface area contributed by atoms with Crippen molar-refractivity contribution in [1.29, 1.82) is 0 Å². The van der Waals surface area contributed by atoms with Gasteiger partial charge in [0.15, 0.2) is 0 Å². The van der Waals surface area contributed by atoms with Crippen LogP contribution in [0.25, 0.3) is 0 Å². The molecule has 2 aromatic rings. The molecule has 1 aliphatic carbocycles. The van der Waals surface area contributed by atoms with Gasteiger partial charge in [-0.2, -0.15) is 0 Å². The van der Waals surface area contributed by atoms with Gasteiger partial charge in [0.25, 0.3) is 5.91 Å². The number of methoxy groups -OCH3 is 1. The lowest BCUT2D eigenvalue weighted by Gasteiger charge is -2.13. The molecule has 0 radical (unpaired) electrons. The smallest absolute Gasteiger partial charge is 0.251 e. The molecule has 1 amide bonds. The van der Waals surface area contributed by atoms with Gasteiger partial charge in [0.1, 0.15) is 11.6 Å². The van der Waals surface area contributed by atoms with E-state index < -0.39 is 0 Å². The van der Waals surface area contributed by atoms with Crippen molar-refractivity contribution in [3.8, 4) is 5.75 Å². The highest BCUT2D eigenvalue weighted by Crippen LogP contribution is 2.21. The van der Waals surface area contributed by atoms with Crippen LogP contribution < -0.4 is 15.4 Å². The van der Waals surface area contributed by atoms with Crippen molar-refractivity contribution in [1.82, 2.24) is 10.3 Å². The summed E-state index contributed by atoms with van der Waals surface area (Å²) >= 11 is 0. The molecule has 0 aliphatic heterocycles. The monoisotopic (exact) mass is 339 g/mol. The summed E-state index contributed by atoms with van der Waals surface area (Å²) in [6, 6.07) is 12.0. The normalized spacial score (nSPS) is 14.3. The SMILES string of the molecule is COc1ccc(CCNC(=O)c2ccnc(NC3CCCC3)c2)cc1. The Bertz CT molecular complexity index is 694. The van der Waals surface area contributed by atoms with Crippen LogP contribution >= 0.6 is 0 Å². The van der Waals surface area contributed by atoms with Crippen LogP contribution in [0.4, 0.5) is 5.82 Å². The van der Waals surface area contributed by atoms with Crippen LogP contribution in [-0.2, 0) is 6.42 Å². The van der Waals surface area contributed by atoms with Crippen molar-refractivity contribution < 1.29 is 9.53 Å². The molecule has 1 fully saturated rings. The van der Waals surface area contributed by atoms with Crippen molar-refractivity contribution >= 4 is 11.7 Å². The maximum atomic E-state index is 12.3. The Morgan fingerprint density at radius 2 is 1.96 bits per heavy atom. The zero-order valence-electron chi connectivity index (χ0n) is 14.6. The summed E-state index contributed by atoms with van der Waals surface area (Å²) in [5.74, 6) is 1.56. The van der Waals surface area contributed by atoms with Crippen LogP contribution in [0.3, 0.4) is 0 Å². The average Bonchev–Trinajstić information content (AvgIpc) is 3.15. The third kappa shape index (κ3) is 4.95. The number of carbonyl (C=O) groups excluding carboxylic acids is 1. The summed E-state index contributed by atoms with van der Waals surface area (Å²) in [6.07, 6.45) is 7.37. The first-order valence-corrected chi connectivity index (χ1v) is 8.88. The number of ether oxygens (including phenoxy) is 1. The average molecular weight is 339 g/mol. The second kappa shape index (κ2) is 8.51. The maximum Gasteiger partial charge on any atom is 0.251 e. The van der Waals surface area contributed by atoms with E-state index in [1.54, 1.807) is 19.4 Å². The summed E-state index contributed by atoms with van der Waals surface area (Å²) in [5.41, 5.74) is 1.81. The first kappa shape index (κ1) is 17.3. The van der Waals surface area contributed by atoms with Gasteiger partial charge in [-0.05, 0) is 49.1 Å². The Hall–Kier alpha value is -2.56. The van der Waals surface area contributed by atoms with Crippen LogP contribution in [0, 0.1) is 0 Å². The number of hydrogen-bond acceptors (Lipinski definition) is 4. The molecule has 1 heterocycles. The zero-order chi connectivity index (χ0) is 17.5. The summed E-state index contributed by atoms with van der Waals surface area (Å²) in [7, 11) is 1.65. The van der Waals surface area contributed by atoms with Crippen LogP contribution in [0.2, 0.25) is 0 Å². The molecule has 3 rings (SSSR count). The Kier molecular flexibility index (Phi) is 5.88. The topological polar surface area (TPSA) is 63.2 Å². The van der Waals surface area contributed by atoms with E-state index in [1.807, 2.05) is 30.3 Å². The lowest BCUT2D eigenvalue weighted by atomic mass is 10.1. The van der Waals surface area contributed by atoms with Crippen molar-refractivity contribution in [2.24, 2.45) is 0 Å². The summed E-state index contributed by atoms with van der Waals surface area (Å²) in [6.45, 7) is 0.596. The van der Waals surface area contributed by atoms with Crippen molar-refractivity contribution in [3.63, 3.8) is 0 Å². The molecule has 5 nitrogen and oxygen atoms in total. The molecule has 5 heteroatoms. The molecule has 1 aromatic heterocycles. The van der Waals surface area contributed by atoms with Gasteiger partial charge in [0.05, 0.1) is 7.11 Å². The predicted octanol–water partition coefficient (Wildman–Crippen LogP) is 3.42. The van der Waals surface area contributed by atoms with Crippen molar-refractivity contribution in [2.75, 3.05) is 19.0 Å². The summed E-state index contributed by atoms with van der Waals surface area (Å²) in [5, 5.41) is 6.40. The van der Waals surface area contributed by atoms with E-state index in [1.165, 1.54) is 31.2 Å². The van der Waals surface area contributed by atoms with Gasteiger partial charge < -0.3 is 15.4 Å². The Labute approximate surface area is 148 Å². The van der Waals surface area contributed by atoms with E-state index in [0.29, 0.717) is 18.2 Å². The highest BCUT2D eigenvalue weighted by molar-refractivity contribution is 5.94. The van der Waals surface area contributed by atoms with E-state index in [4.69, 9.17) is 4.74 Å².